The van der Waals surface area contributed by atoms with Crippen LogP contribution >= 0.6 is 0 Å². The summed E-state index contributed by atoms with van der Waals surface area (Å²) < 4.78 is 1.92. The molecule has 3 aromatic carbocycles. The molecular formula is C25H22N6. The predicted molar refractivity (Wildman–Crippen MR) is 125 cm³/mol. The summed E-state index contributed by atoms with van der Waals surface area (Å²) in [6.07, 6.45) is 0. The van der Waals surface area contributed by atoms with Gasteiger partial charge in [0.2, 0.25) is 5.95 Å². The molecule has 6 rings (SSSR count). The largest absolute Gasteiger partial charge is 0.368 e. The molecule has 0 saturated carbocycles. The van der Waals surface area contributed by atoms with E-state index in [1.54, 1.807) is 0 Å². The summed E-state index contributed by atoms with van der Waals surface area (Å²) in [4.78, 5) is 14.6. The summed E-state index contributed by atoms with van der Waals surface area (Å²) in [6, 6.07) is 28.9. The quantitative estimate of drug-likeness (QED) is 0.448. The topological polar surface area (TPSA) is 49.6 Å². The number of para-hydroxylation sites is 2. The Kier molecular flexibility index (Phi) is 4.27. The fraction of sp³-hybridized carbons (Fsp3) is 0.160. The number of benzene rings is 3. The van der Waals surface area contributed by atoms with Crippen molar-refractivity contribution in [2.75, 3.05) is 36.0 Å². The number of nitrogens with zero attached hydrogens (tertiary/aromatic N) is 6. The van der Waals surface area contributed by atoms with Gasteiger partial charge in [-0.25, -0.2) is 9.97 Å². The van der Waals surface area contributed by atoms with Gasteiger partial charge in [-0.15, -0.1) is 5.10 Å². The van der Waals surface area contributed by atoms with Crippen molar-refractivity contribution < 1.29 is 0 Å². The summed E-state index contributed by atoms with van der Waals surface area (Å²) in [6.45, 7) is 3.66. The molecule has 0 atom stereocenters. The fourth-order valence-corrected chi connectivity index (χ4v) is 4.26. The number of anilines is 2. The van der Waals surface area contributed by atoms with Crippen LogP contribution in [-0.2, 0) is 0 Å². The summed E-state index contributed by atoms with van der Waals surface area (Å²) in [7, 11) is 0. The Hall–Kier alpha value is -3.93. The number of hydrogen-bond donors (Lipinski definition) is 0. The zero-order chi connectivity index (χ0) is 20.6. The van der Waals surface area contributed by atoms with Crippen molar-refractivity contribution in [2.24, 2.45) is 0 Å². The Balaban J connectivity index is 1.41. The van der Waals surface area contributed by atoms with Gasteiger partial charge in [0.15, 0.2) is 11.5 Å². The van der Waals surface area contributed by atoms with Gasteiger partial charge in [0.1, 0.15) is 0 Å². The Morgan fingerprint density at radius 2 is 1.26 bits per heavy atom. The van der Waals surface area contributed by atoms with Gasteiger partial charge < -0.3 is 9.80 Å². The summed E-state index contributed by atoms with van der Waals surface area (Å²) in [5, 5.41) is 5.89. The third-order valence-electron chi connectivity index (χ3n) is 5.88. The molecule has 0 amide bonds. The molecular weight excluding hydrogens is 384 g/mol. The van der Waals surface area contributed by atoms with Gasteiger partial charge in [-0.3, -0.25) is 0 Å². The molecule has 5 aromatic rings. The van der Waals surface area contributed by atoms with Gasteiger partial charge in [0.25, 0.3) is 0 Å². The molecule has 0 unspecified atom stereocenters. The maximum Gasteiger partial charge on any atom is 0.229 e. The minimum Gasteiger partial charge on any atom is -0.368 e. The lowest BCUT2D eigenvalue weighted by molar-refractivity contribution is 0.632. The number of piperazine rings is 1. The van der Waals surface area contributed by atoms with E-state index in [0.29, 0.717) is 0 Å². The van der Waals surface area contributed by atoms with E-state index >= 15 is 0 Å². The van der Waals surface area contributed by atoms with Crippen LogP contribution in [0.1, 0.15) is 0 Å². The lowest BCUT2D eigenvalue weighted by atomic mass is 10.2. The van der Waals surface area contributed by atoms with Gasteiger partial charge >= 0.3 is 0 Å². The molecule has 1 saturated heterocycles. The molecule has 0 bridgehead atoms. The molecule has 2 aromatic heterocycles. The van der Waals surface area contributed by atoms with Crippen molar-refractivity contribution in [1.82, 2.24) is 19.6 Å². The van der Waals surface area contributed by atoms with E-state index in [4.69, 9.17) is 15.1 Å². The Labute approximate surface area is 180 Å². The predicted octanol–water partition coefficient (Wildman–Crippen LogP) is 4.27. The lowest BCUT2D eigenvalue weighted by Gasteiger charge is -2.36. The van der Waals surface area contributed by atoms with Gasteiger partial charge in [-0.2, -0.15) is 4.52 Å². The van der Waals surface area contributed by atoms with Crippen LogP contribution in [0, 0.1) is 0 Å². The average molecular weight is 406 g/mol. The third-order valence-corrected chi connectivity index (χ3v) is 5.88. The first-order valence-corrected chi connectivity index (χ1v) is 10.6. The van der Waals surface area contributed by atoms with Crippen LogP contribution < -0.4 is 9.80 Å². The first kappa shape index (κ1) is 17.9. The van der Waals surface area contributed by atoms with E-state index in [9.17, 15) is 0 Å². The highest BCUT2D eigenvalue weighted by Gasteiger charge is 2.23. The summed E-state index contributed by atoms with van der Waals surface area (Å²) in [5.41, 5.74) is 4.08. The lowest BCUT2D eigenvalue weighted by Crippen LogP contribution is -2.47. The number of aromatic nitrogens is 4. The molecule has 31 heavy (non-hydrogen) atoms. The van der Waals surface area contributed by atoms with Crippen molar-refractivity contribution in [3.8, 4) is 11.4 Å². The van der Waals surface area contributed by atoms with Crippen LogP contribution in [-0.4, -0.2) is 45.8 Å². The first-order chi connectivity index (χ1) is 15.4. The second-order valence-electron chi connectivity index (χ2n) is 7.78. The van der Waals surface area contributed by atoms with Crippen molar-refractivity contribution >= 4 is 28.2 Å². The highest BCUT2D eigenvalue weighted by Crippen LogP contribution is 2.27. The summed E-state index contributed by atoms with van der Waals surface area (Å²) in [5.74, 6) is 1.58. The van der Waals surface area contributed by atoms with E-state index in [0.717, 1.165) is 60.1 Å². The van der Waals surface area contributed by atoms with Crippen LogP contribution in [0.4, 0.5) is 11.6 Å². The zero-order valence-electron chi connectivity index (χ0n) is 17.1. The molecule has 6 heteroatoms. The van der Waals surface area contributed by atoms with Gasteiger partial charge in [-0.05, 0) is 24.3 Å². The highest BCUT2D eigenvalue weighted by atomic mass is 15.4. The van der Waals surface area contributed by atoms with E-state index in [1.165, 1.54) is 5.69 Å². The first-order valence-electron chi connectivity index (χ1n) is 10.6. The number of fused-ring (bicyclic) bond motifs is 3. The number of rotatable bonds is 3. The van der Waals surface area contributed by atoms with Gasteiger partial charge in [0.05, 0.1) is 5.52 Å². The van der Waals surface area contributed by atoms with Crippen LogP contribution in [0.3, 0.4) is 0 Å². The third kappa shape index (κ3) is 3.17. The molecule has 152 valence electrons. The van der Waals surface area contributed by atoms with E-state index in [1.807, 2.05) is 47.0 Å². The van der Waals surface area contributed by atoms with E-state index < -0.39 is 0 Å². The minimum absolute atomic E-state index is 0.725. The van der Waals surface area contributed by atoms with E-state index in [-0.39, 0.29) is 0 Å². The maximum atomic E-state index is 5.00. The molecule has 0 N–H and O–H groups in total. The smallest absolute Gasteiger partial charge is 0.229 e. The summed E-state index contributed by atoms with van der Waals surface area (Å²) >= 11 is 0. The maximum absolute atomic E-state index is 5.00. The molecule has 0 radical (unpaired) electrons. The fourth-order valence-electron chi connectivity index (χ4n) is 4.26. The normalized spacial score (nSPS) is 14.5. The van der Waals surface area contributed by atoms with Gasteiger partial charge in [-0.1, -0.05) is 60.7 Å². The van der Waals surface area contributed by atoms with E-state index in [2.05, 4.69) is 52.3 Å². The molecule has 0 spiro atoms. The van der Waals surface area contributed by atoms with Crippen molar-refractivity contribution in [3.63, 3.8) is 0 Å². The molecule has 6 nitrogen and oxygen atoms in total. The van der Waals surface area contributed by atoms with Crippen molar-refractivity contribution in [3.05, 3.63) is 84.9 Å². The molecule has 0 aliphatic carbocycles. The Bertz CT molecular complexity index is 1340. The zero-order valence-corrected chi connectivity index (χ0v) is 17.1. The standard InChI is InChI=1S/C25H22N6/c1-3-9-19(10-4-1)23-27-24-21-13-7-8-14-22(21)26-25(31(24)28-23)30-17-15-29(16-18-30)20-11-5-2-6-12-20/h1-14H,15-18H2. The molecule has 1 fully saturated rings. The monoisotopic (exact) mass is 406 g/mol. The second kappa shape index (κ2) is 7.40. The Morgan fingerprint density at radius 1 is 0.613 bits per heavy atom. The highest BCUT2D eigenvalue weighted by molar-refractivity contribution is 5.93. The molecule has 1 aliphatic heterocycles. The van der Waals surface area contributed by atoms with Crippen LogP contribution in [0.25, 0.3) is 27.9 Å². The minimum atomic E-state index is 0.725. The van der Waals surface area contributed by atoms with Crippen LogP contribution in [0.15, 0.2) is 84.9 Å². The van der Waals surface area contributed by atoms with Crippen molar-refractivity contribution in [1.29, 1.82) is 0 Å². The SMILES string of the molecule is c1ccc(-c2nc3c4ccccc4nc(N4CCN(c5ccccc5)CC4)n3n2)cc1. The van der Waals surface area contributed by atoms with Crippen LogP contribution in [0.2, 0.25) is 0 Å². The average Bonchev–Trinajstić information content (AvgIpc) is 3.31. The Morgan fingerprint density at radius 3 is 2.03 bits per heavy atom. The van der Waals surface area contributed by atoms with Gasteiger partial charge in [0, 0.05) is 42.8 Å². The second-order valence-corrected chi connectivity index (χ2v) is 7.78. The number of hydrogen-bond acceptors (Lipinski definition) is 5. The molecule has 3 heterocycles. The van der Waals surface area contributed by atoms with Crippen LogP contribution in [0.5, 0.6) is 0 Å². The van der Waals surface area contributed by atoms with Crippen molar-refractivity contribution in [2.45, 2.75) is 0 Å². The molecule has 1 aliphatic rings.